The van der Waals surface area contributed by atoms with Gasteiger partial charge in [0, 0.05) is 6.42 Å². The van der Waals surface area contributed by atoms with Crippen molar-refractivity contribution in [3.05, 3.63) is 29.8 Å². The quantitative estimate of drug-likeness (QED) is 0.786. The first-order chi connectivity index (χ1) is 6.97. The summed E-state index contributed by atoms with van der Waals surface area (Å²) in [7, 11) is -3.45. The highest BCUT2D eigenvalue weighted by Gasteiger charge is 2.19. The first-order valence-corrected chi connectivity index (χ1v) is 6.42. The van der Waals surface area contributed by atoms with Crippen LogP contribution in [-0.2, 0) is 14.6 Å². The van der Waals surface area contributed by atoms with Crippen molar-refractivity contribution < 1.29 is 13.2 Å². The smallest absolute Gasteiger partial charge is 0.185 e. The van der Waals surface area contributed by atoms with Crippen molar-refractivity contribution in [3.8, 4) is 0 Å². The number of aryl methyl sites for hydroxylation is 1. The molecule has 1 aromatic carbocycles. The van der Waals surface area contributed by atoms with Gasteiger partial charge in [-0.3, -0.25) is 4.79 Å². The molecule has 0 N–H and O–H groups in total. The summed E-state index contributed by atoms with van der Waals surface area (Å²) in [5.41, 5.74) is 0.682. The first kappa shape index (κ1) is 11.9. The number of hydrogen-bond donors (Lipinski definition) is 0. The number of sulfone groups is 1. The summed E-state index contributed by atoms with van der Waals surface area (Å²) < 4.78 is 23.6. The van der Waals surface area contributed by atoms with E-state index in [1.807, 2.05) is 0 Å². The maximum Gasteiger partial charge on any atom is 0.185 e. The van der Waals surface area contributed by atoms with Crippen LogP contribution in [0.1, 0.15) is 18.9 Å². The number of carbonyl (C=O) groups excluding carboxylic acids is 1. The van der Waals surface area contributed by atoms with Gasteiger partial charge in [-0.2, -0.15) is 0 Å². The zero-order chi connectivity index (χ0) is 11.5. The zero-order valence-corrected chi connectivity index (χ0v) is 9.67. The molecule has 0 aromatic heterocycles. The fourth-order valence-corrected chi connectivity index (χ4v) is 2.93. The van der Waals surface area contributed by atoms with Crippen LogP contribution in [0.3, 0.4) is 0 Å². The number of hydrogen-bond acceptors (Lipinski definition) is 3. The summed E-state index contributed by atoms with van der Waals surface area (Å²) in [6.07, 6.45) is 0.255. The molecule has 0 amide bonds. The minimum Gasteiger partial charge on any atom is -0.299 e. The second-order valence-corrected chi connectivity index (χ2v) is 5.37. The predicted molar refractivity (Wildman–Crippen MR) is 58.5 cm³/mol. The molecule has 0 fully saturated rings. The van der Waals surface area contributed by atoms with Crippen molar-refractivity contribution in [2.45, 2.75) is 25.2 Å². The fourth-order valence-electron chi connectivity index (χ4n) is 1.30. The molecule has 0 aliphatic heterocycles. The van der Waals surface area contributed by atoms with Crippen LogP contribution in [0.25, 0.3) is 0 Å². The number of Topliss-reactive ketones (excluding diaryl/α,β-unsaturated/α-hetero) is 1. The Balaban J connectivity index is 3.07. The van der Waals surface area contributed by atoms with E-state index >= 15 is 0 Å². The second-order valence-electron chi connectivity index (χ2n) is 3.42. The van der Waals surface area contributed by atoms with Crippen molar-refractivity contribution in [3.63, 3.8) is 0 Å². The lowest BCUT2D eigenvalue weighted by molar-refractivity contribution is -0.116. The van der Waals surface area contributed by atoms with Gasteiger partial charge in [0.1, 0.15) is 11.5 Å². The van der Waals surface area contributed by atoms with Crippen molar-refractivity contribution in [2.75, 3.05) is 5.75 Å². The average Bonchev–Trinajstić information content (AvgIpc) is 2.17. The van der Waals surface area contributed by atoms with Gasteiger partial charge in [-0.05, 0) is 18.6 Å². The molecule has 82 valence electrons. The molecule has 0 atom stereocenters. The third-order valence-electron chi connectivity index (χ3n) is 2.17. The Kier molecular flexibility index (Phi) is 3.63. The number of benzene rings is 1. The highest BCUT2D eigenvalue weighted by molar-refractivity contribution is 7.92. The van der Waals surface area contributed by atoms with Crippen LogP contribution in [0.15, 0.2) is 29.2 Å². The molecule has 0 spiro atoms. The summed E-state index contributed by atoms with van der Waals surface area (Å²) in [6, 6.07) is 6.70. The zero-order valence-electron chi connectivity index (χ0n) is 8.86. The molecule has 0 heterocycles. The molecule has 0 bridgehead atoms. The Bertz CT molecular complexity index is 460. The van der Waals surface area contributed by atoms with Gasteiger partial charge in [-0.25, -0.2) is 8.42 Å². The van der Waals surface area contributed by atoms with E-state index in [1.165, 1.54) is 6.07 Å². The molecular formula is C11H14O3S. The summed E-state index contributed by atoms with van der Waals surface area (Å²) >= 11 is 0. The maximum atomic E-state index is 11.8. The normalized spacial score (nSPS) is 11.3. The molecule has 1 rings (SSSR count). The predicted octanol–water partition coefficient (Wildman–Crippen LogP) is 1.75. The fraction of sp³-hybridized carbons (Fsp3) is 0.364. The Hall–Kier alpha value is -1.16. The van der Waals surface area contributed by atoms with E-state index in [2.05, 4.69) is 0 Å². The van der Waals surface area contributed by atoms with E-state index in [4.69, 9.17) is 0 Å². The number of ketones is 1. The summed E-state index contributed by atoms with van der Waals surface area (Å²) in [5, 5.41) is 0. The van der Waals surface area contributed by atoms with E-state index in [9.17, 15) is 13.2 Å². The van der Waals surface area contributed by atoms with Gasteiger partial charge < -0.3 is 0 Å². The molecule has 0 radical (unpaired) electrons. The van der Waals surface area contributed by atoms with Gasteiger partial charge in [0.05, 0.1) is 4.90 Å². The van der Waals surface area contributed by atoms with Crippen molar-refractivity contribution in [1.29, 1.82) is 0 Å². The third-order valence-corrected chi connectivity index (χ3v) is 4.00. The number of rotatable bonds is 4. The van der Waals surface area contributed by atoms with Crippen molar-refractivity contribution in [1.82, 2.24) is 0 Å². The Labute approximate surface area is 90.0 Å². The van der Waals surface area contributed by atoms with Gasteiger partial charge in [0.15, 0.2) is 9.84 Å². The lowest BCUT2D eigenvalue weighted by Crippen LogP contribution is -2.16. The first-order valence-electron chi connectivity index (χ1n) is 4.77. The molecule has 0 aliphatic rings. The Morgan fingerprint density at radius 3 is 2.40 bits per heavy atom. The van der Waals surface area contributed by atoms with E-state index < -0.39 is 15.6 Å². The van der Waals surface area contributed by atoms with Crippen molar-refractivity contribution >= 4 is 15.6 Å². The Morgan fingerprint density at radius 1 is 1.27 bits per heavy atom. The summed E-state index contributed by atoms with van der Waals surface area (Å²) in [6.45, 7) is 3.39. The lowest BCUT2D eigenvalue weighted by atomic mass is 10.2. The highest BCUT2D eigenvalue weighted by Crippen LogP contribution is 2.16. The molecular weight excluding hydrogens is 212 g/mol. The highest BCUT2D eigenvalue weighted by atomic mass is 32.2. The largest absolute Gasteiger partial charge is 0.299 e. The molecule has 15 heavy (non-hydrogen) atoms. The molecule has 0 saturated carbocycles. The van der Waals surface area contributed by atoms with Crippen LogP contribution >= 0.6 is 0 Å². The van der Waals surface area contributed by atoms with Gasteiger partial charge in [-0.15, -0.1) is 0 Å². The molecule has 0 aliphatic carbocycles. The molecule has 3 nitrogen and oxygen atoms in total. The van der Waals surface area contributed by atoms with Crippen LogP contribution in [0, 0.1) is 6.92 Å². The van der Waals surface area contributed by atoms with Crippen LogP contribution in [-0.4, -0.2) is 20.0 Å². The SMILES string of the molecule is CCC(=O)CS(=O)(=O)c1ccccc1C. The van der Waals surface area contributed by atoms with Crippen LogP contribution < -0.4 is 0 Å². The van der Waals surface area contributed by atoms with E-state index in [0.717, 1.165) is 0 Å². The minimum absolute atomic E-state index is 0.252. The van der Waals surface area contributed by atoms with Gasteiger partial charge in [-0.1, -0.05) is 25.1 Å². The van der Waals surface area contributed by atoms with Crippen LogP contribution in [0.4, 0.5) is 0 Å². The molecule has 0 unspecified atom stereocenters. The second kappa shape index (κ2) is 4.57. The summed E-state index contributed by atoms with van der Waals surface area (Å²) in [5.74, 6) is -0.646. The molecule has 4 heteroatoms. The van der Waals surface area contributed by atoms with Gasteiger partial charge in [0.25, 0.3) is 0 Å². The summed E-state index contributed by atoms with van der Waals surface area (Å²) in [4.78, 5) is 11.4. The molecule has 1 aromatic rings. The van der Waals surface area contributed by atoms with E-state index in [0.29, 0.717) is 5.56 Å². The van der Waals surface area contributed by atoms with Gasteiger partial charge >= 0.3 is 0 Å². The van der Waals surface area contributed by atoms with Crippen LogP contribution in [0.5, 0.6) is 0 Å². The van der Waals surface area contributed by atoms with Gasteiger partial charge in [0.2, 0.25) is 0 Å². The van der Waals surface area contributed by atoms with E-state index in [1.54, 1.807) is 32.0 Å². The van der Waals surface area contributed by atoms with Crippen molar-refractivity contribution in [2.24, 2.45) is 0 Å². The monoisotopic (exact) mass is 226 g/mol. The Morgan fingerprint density at radius 2 is 1.87 bits per heavy atom. The average molecular weight is 226 g/mol. The molecule has 0 saturated heterocycles. The topological polar surface area (TPSA) is 51.2 Å². The number of carbonyl (C=O) groups is 1. The van der Waals surface area contributed by atoms with E-state index in [-0.39, 0.29) is 17.1 Å². The minimum atomic E-state index is -3.45. The maximum absolute atomic E-state index is 11.8. The standard InChI is InChI=1S/C11H14O3S/c1-3-10(12)8-15(13,14)11-7-5-4-6-9(11)2/h4-7H,3,8H2,1-2H3. The van der Waals surface area contributed by atoms with Crippen LogP contribution in [0.2, 0.25) is 0 Å². The lowest BCUT2D eigenvalue weighted by Gasteiger charge is -2.05. The third kappa shape index (κ3) is 2.89.